The Kier molecular flexibility index (Phi) is 4.36. The normalized spacial score (nSPS) is 12.7. The maximum atomic E-state index is 13.1. The monoisotopic (exact) mass is 377 g/mol. The highest BCUT2D eigenvalue weighted by molar-refractivity contribution is 9.10. The van der Waals surface area contributed by atoms with E-state index >= 15 is 0 Å². The topological polar surface area (TPSA) is 26.0 Å². The summed E-state index contributed by atoms with van der Waals surface area (Å²) in [5.74, 6) is -0.249. The van der Waals surface area contributed by atoms with E-state index in [1.165, 1.54) is 6.07 Å². The van der Waals surface area contributed by atoms with Crippen molar-refractivity contribution in [2.24, 2.45) is 5.73 Å². The molecule has 1 nitrogen and oxygen atoms in total. The molecule has 0 spiro atoms. The molecule has 1 aromatic carbocycles. The fourth-order valence-electron chi connectivity index (χ4n) is 1.54. The first kappa shape index (κ1) is 13.2. The third kappa shape index (κ3) is 3.37. The van der Waals surface area contributed by atoms with Crippen LogP contribution in [0.3, 0.4) is 0 Å². The van der Waals surface area contributed by atoms with Crippen LogP contribution < -0.4 is 5.73 Å². The first-order valence-electron chi connectivity index (χ1n) is 4.99. The molecule has 17 heavy (non-hydrogen) atoms. The second-order valence-corrected chi connectivity index (χ2v) is 6.44. The molecule has 0 amide bonds. The maximum Gasteiger partial charge on any atom is 0.137 e. The van der Waals surface area contributed by atoms with Crippen LogP contribution in [0.2, 0.25) is 0 Å². The predicted molar refractivity (Wildman–Crippen MR) is 76.8 cm³/mol. The number of halogens is 3. The van der Waals surface area contributed by atoms with Gasteiger partial charge in [-0.05, 0) is 62.0 Å². The van der Waals surface area contributed by atoms with E-state index in [9.17, 15) is 4.39 Å². The van der Waals surface area contributed by atoms with Crippen LogP contribution in [0, 0.1) is 5.82 Å². The van der Waals surface area contributed by atoms with E-state index in [1.54, 1.807) is 23.5 Å². The Balaban J connectivity index is 2.12. The quantitative estimate of drug-likeness (QED) is 0.826. The average molecular weight is 379 g/mol. The zero-order valence-corrected chi connectivity index (χ0v) is 12.8. The number of hydrogen-bond donors (Lipinski definition) is 1. The van der Waals surface area contributed by atoms with Crippen molar-refractivity contribution in [1.29, 1.82) is 0 Å². The highest BCUT2D eigenvalue weighted by Crippen LogP contribution is 2.27. The third-order valence-electron chi connectivity index (χ3n) is 2.39. The Hall–Kier alpha value is -0.230. The summed E-state index contributed by atoms with van der Waals surface area (Å²) in [6.07, 6.45) is 0.700. The second kappa shape index (κ2) is 5.61. The van der Waals surface area contributed by atoms with Crippen LogP contribution in [-0.2, 0) is 6.42 Å². The molecule has 1 atom stereocenters. The van der Waals surface area contributed by atoms with Crippen molar-refractivity contribution in [3.63, 3.8) is 0 Å². The Morgan fingerprint density at radius 2 is 2.06 bits per heavy atom. The van der Waals surface area contributed by atoms with Crippen LogP contribution in [0.1, 0.15) is 16.5 Å². The SMILES string of the molecule is NC(Cc1ccc(F)c(Br)c1)c1cc(Br)cs1. The van der Waals surface area contributed by atoms with Crippen LogP contribution in [0.5, 0.6) is 0 Å². The Morgan fingerprint density at radius 3 is 2.65 bits per heavy atom. The van der Waals surface area contributed by atoms with E-state index in [-0.39, 0.29) is 11.9 Å². The van der Waals surface area contributed by atoms with Gasteiger partial charge in [-0.2, -0.15) is 0 Å². The smallest absolute Gasteiger partial charge is 0.137 e. The Bertz CT molecular complexity index is 527. The molecule has 0 fully saturated rings. The number of benzene rings is 1. The minimum atomic E-state index is -0.249. The summed E-state index contributed by atoms with van der Waals surface area (Å²) in [7, 11) is 0. The lowest BCUT2D eigenvalue weighted by Gasteiger charge is -2.10. The molecule has 0 saturated carbocycles. The van der Waals surface area contributed by atoms with Crippen LogP contribution in [0.15, 0.2) is 38.6 Å². The van der Waals surface area contributed by atoms with Gasteiger partial charge in [-0.15, -0.1) is 11.3 Å². The van der Waals surface area contributed by atoms with Gasteiger partial charge in [0.15, 0.2) is 0 Å². The van der Waals surface area contributed by atoms with Crippen LogP contribution in [0.4, 0.5) is 4.39 Å². The van der Waals surface area contributed by atoms with E-state index < -0.39 is 0 Å². The largest absolute Gasteiger partial charge is 0.323 e. The number of thiophene rings is 1. The lowest BCUT2D eigenvalue weighted by Crippen LogP contribution is -2.11. The van der Waals surface area contributed by atoms with E-state index in [1.807, 2.05) is 11.4 Å². The van der Waals surface area contributed by atoms with Gasteiger partial charge in [0.2, 0.25) is 0 Å². The summed E-state index contributed by atoms with van der Waals surface area (Å²) in [6, 6.07) is 6.97. The molecule has 2 N–H and O–H groups in total. The van der Waals surface area contributed by atoms with Crippen LogP contribution >= 0.6 is 43.2 Å². The van der Waals surface area contributed by atoms with Crippen molar-refractivity contribution >= 4 is 43.2 Å². The van der Waals surface area contributed by atoms with Crippen molar-refractivity contribution in [2.75, 3.05) is 0 Å². The minimum absolute atomic E-state index is 0.0522. The standard InChI is InChI=1S/C12H10Br2FNS/c13-8-5-12(17-6-8)11(16)4-7-1-2-10(15)9(14)3-7/h1-3,5-6,11H,4,16H2. The average Bonchev–Trinajstić information content (AvgIpc) is 2.70. The number of rotatable bonds is 3. The van der Waals surface area contributed by atoms with Crippen molar-refractivity contribution < 1.29 is 4.39 Å². The molecule has 2 aromatic rings. The highest BCUT2D eigenvalue weighted by atomic mass is 79.9. The molecule has 0 bridgehead atoms. The number of hydrogen-bond acceptors (Lipinski definition) is 2. The first-order valence-corrected chi connectivity index (χ1v) is 7.46. The molecular weight excluding hydrogens is 369 g/mol. The Labute approximate surface area is 120 Å². The third-order valence-corrected chi connectivity index (χ3v) is 4.83. The lowest BCUT2D eigenvalue weighted by molar-refractivity contribution is 0.619. The first-order chi connectivity index (χ1) is 8.06. The van der Waals surface area contributed by atoms with Gasteiger partial charge in [0.25, 0.3) is 0 Å². The van der Waals surface area contributed by atoms with Gasteiger partial charge >= 0.3 is 0 Å². The summed E-state index contributed by atoms with van der Waals surface area (Å²) < 4.78 is 14.6. The van der Waals surface area contributed by atoms with Gasteiger partial charge in [0, 0.05) is 20.8 Å². The van der Waals surface area contributed by atoms with Crippen molar-refractivity contribution in [3.05, 3.63) is 54.8 Å². The molecule has 0 saturated heterocycles. The maximum absolute atomic E-state index is 13.1. The molecule has 0 aliphatic carbocycles. The van der Waals surface area contributed by atoms with E-state index in [2.05, 4.69) is 31.9 Å². The van der Waals surface area contributed by atoms with Crippen molar-refractivity contribution in [2.45, 2.75) is 12.5 Å². The van der Waals surface area contributed by atoms with E-state index in [4.69, 9.17) is 5.73 Å². The molecule has 0 radical (unpaired) electrons. The van der Waals surface area contributed by atoms with Crippen molar-refractivity contribution in [1.82, 2.24) is 0 Å². The zero-order valence-electron chi connectivity index (χ0n) is 8.79. The summed E-state index contributed by atoms with van der Waals surface area (Å²) in [4.78, 5) is 1.12. The summed E-state index contributed by atoms with van der Waals surface area (Å²) in [6.45, 7) is 0. The summed E-state index contributed by atoms with van der Waals surface area (Å²) in [5, 5.41) is 2.01. The highest BCUT2D eigenvalue weighted by Gasteiger charge is 2.10. The minimum Gasteiger partial charge on any atom is -0.323 e. The van der Waals surface area contributed by atoms with Crippen molar-refractivity contribution in [3.8, 4) is 0 Å². The van der Waals surface area contributed by atoms with Crippen LogP contribution in [-0.4, -0.2) is 0 Å². The molecular formula is C12H10Br2FNS. The fourth-order valence-corrected chi connectivity index (χ4v) is 3.42. The summed E-state index contributed by atoms with van der Waals surface area (Å²) in [5.41, 5.74) is 7.13. The fraction of sp³-hybridized carbons (Fsp3) is 0.167. The van der Waals surface area contributed by atoms with Gasteiger partial charge in [0.05, 0.1) is 4.47 Å². The summed E-state index contributed by atoms with van der Waals surface area (Å²) >= 11 is 8.21. The van der Waals surface area contributed by atoms with Gasteiger partial charge < -0.3 is 5.73 Å². The van der Waals surface area contributed by atoms with Crippen LogP contribution in [0.25, 0.3) is 0 Å². The van der Waals surface area contributed by atoms with Gasteiger partial charge in [-0.3, -0.25) is 0 Å². The molecule has 2 rings (SSSR count). The lowest BCUT2D eigenvalue weighted by atomic mass is 10.1. The molecule has 1 heterocycles. The molecule has 5 heteroatoms. The van der Waals surface area contributed by atoms with E-state index in [0.29, 0.717) is 10.9 Å². The second-order valence-electron chi connectivity index (χ2n) is 3.73. The molecule has 1 aromatic heterocycles. The molecule has 1 unspecified atom stereocenters. The molecule has 0 aliphatic rings. The van der Waals surface area contributed by atoms with Gasteiger partial charge in [-0.25, -0.2) is 4.39 Å². The molecule has 90 valence electrons. The zero-order chi connectivity index (χ0) is 12.4. The van der Waals surface area contributed by atoms with Gasteiger partial charge in [0.1, 0.15) is 5.82 Å². The number of nitrogens with two attached hydrogens (primary N) is 1. The van der Waals surface area contributed by atoms with Gasteiger partial charge in [-0.1, -0.05) is 6.07 Å². The Morgan fingerprint density at radius 1 is 1.29 bits per heavy atom. The predicted octanol–water partition coefficient (Wildman–Crippen LogP) is 4.65. The molecule has 0 aliphatic heterocycles. The van der Waals surface area contributed by atoms with E-state index in [0.717, 1.165) is 14.9 Å².